The lowest BCUT2D eigenvalue weighted by molar-refractivity contribution is 0.314. The topological polar surface area (TPSA) is 74.2 Å². The Hall–Kier alpha value is -2.15. The highest BCUT2D eigenvalue weighted by molar-refractivity contribution is 9.10. The van der Waals surface area contributed by atoms with Crippen molar-refractivity contribution < 1.29 is 13.8 Å². The highest BCUT2D eigenvalue weighted by Gasteiger charge is 2.12. The molecule has 5 nitrogen and oxygen atoms in total. The van der Waals surface area contributed by atoms with Crippen LogP contribution in [-0.2, 0) is 0 Å². The van der Waals surface area contributed by atoms with Crippen LogP contribution in [0.5, 0.6) is 11.5 Å². The molecule has 0 aliphatic rings. The molecule has 1 heterocycles. The molecule has 0 radical (unpaired) electrons. The second-order valence-electron chi connectivity index (χ2n) is 3.82. The second-order valence-corrected chi connectivity index (χ2v) is 4.74. The van der Waals surface area contributed by atoms with Gasteiger partial charge in [-0.05, 0) is 34.6 Å². The van der Waals surface area contributed by atoms with Crippen molar-refractivity contribution >= 4 is 32.7 Å². The Kier molecular flexibility index (Phi) is 2.83. The van der Waals surface area contributed by atoms with Crippen LogP contribution >= 0.6 is 15.9 Å². The Morgan fingerprint density at radius 2 is 1.95 bits per heavy atom. The molecular weight excluding hydrogens is 317 g/mol. The first-order valence-corrected chi connectivity index (χ1v) is 6.07. The zero-order chi connectivity index (χ0) is 13.4. The lowest BCUT2D eigenvalue weighted by atomic mass is 10.2. The van der Waals surface area contributed by atoms with Crippen LogP contribution in [0.4, 0.5) is 10.1 Å². The van der Waals surface area contributed by atoms with E-state index in [2.05, 4.69) is 30.9 Å². The van der Waals surface area contributed by atoms with Gasteiger partial charge in [-0.25, -0.2) is 9.02 Å². The zero-order valence-corrected chi connectivity index (χ0v) is 11.0. The average molecular weight is 324 g/mol. The number of aromatic nitrogens is 2. The molecule has 0 aliphatic carbocycles. The number of nitrogen functional groups attached to an aromatic ring is 1. The summed E-state index contributed by atoms with van der Waals surface area (Å²) >= 11 is 3.19. The number of anilines is 1. The van der Waals surface area contributed by atoms with Crippen molar-refractivity contribution in [3.05, 3.63) is 40.6 Å². The maximum atomic E-state index is 13.3. The molecule has 0 unspecified atom stereocenters. The SMILES string of the molecule is Nc1ccc(Oc2cc(F)cc(Br)c2)c2nonc12. The standard InChI is InChI=1S/C12H7BrFN3O2/c13-6-3-7(14)5-8(4-6)18-10-2-1-9(15)11-12(10)17-19-16-11/h1-5H,15H2. The Morgan fingerprint density at radius 3 is 2.74 bits per heavy atom. The van der Waals surface area contributed by atoms with Crippen LogP contribution in [-0.4, -0.2) is 10.3 Å². The number of fused-ring (bicyclic) bond motifs is 1. The van der Waals surface area contributed by atoms with Gasteiger partial charge < -0.3 is 10.5 Å². The van der Waals surface area contributed by atoms with Gasteiger partial charge in [-0.2, -0.15) is 0 Å². The summed E-state index contributed by atoms with van der Waals surface area (Å²) in [5.41, 5.74) is 6.96. The number of benzene rings is 2. The van der Waals surface area contributed by atoms with Gasteiger partial charge in [-0.1, -0.05) is 15.9 Å². The summed E-state index contributed by atoms with van der Waals surface area (Å²) in [5.74, 6) is 0.318. The fraction of sp³-hybridized carbons (Fsp3) is 0. The van der Waals surface area contributed by atoms with Gasteiger partial charge in [0.15, 0.2) is 16.8 Å². The van der Waals surface area contributed by atoms with Crippen molar-refractivity contribution in [3.63, 3.8) is 0 Å². The van der Waals surface area contributed by atoms with E-state index in [-0.39, 0.29) is 0 Å². The van der Waals surface area contributed by atoms with E-state index >= 15 is 0 Å². The summed E-state index contributed by atoms with van der Waals surface area (Å²) < 4.78 is 24.1. The average Bonchev–Trinajstić information content (AvgIpc) is 2.81. The zero-order valence-electron chi connectivity index (χ0n) is 9.43. The first kappa shape index (κ1) is 11.9. The molecule has 0 atom stereocenters. The van der Waals surface area contributed by atoms with Crippen LogP contribution in [0, 0.1) is 5.82 Å². The third kappa shape index (κ3) is 2.24. The number of rotatable bonds is 2. The third-order valence-corrected chi connectivity index (χ3v) is 2.93. The Balaban J connectivity index is 2.06. The van der Waals surface area contributed by atoms with E-state index in [1.54, 1.807) is 18.2 Å². The monoisotopic (exact) mass is 323 g/mol. The lowest BCUT2D eigenvalue weighted by Crippen LogP contribution is -1.91. The predicted molar refractivity (Wildman–Crippen MR) is 70.4 cm³/mol. The number of nitrogens with zero attached hydrogens (tertiary/aromatic N) is 2. The van der Waals surface area contributed by atoms with E-state index in [9.17, 15) is 4.39 Å². The van der Waals surface area contributed by atoms with E-state index in [0.717, 1.165) is 0 Å². The Labute approximate surface area is 115 Å². The molecule has 3 aromatic rings. The minimum Gasteiger partial charge on any atom is -0.455 e. The number of ether oxygens (including phenoxy) is 1. The van der Waals surface area contributed by atoms with Crippen molar-refractivity contribution in [3.8, 4) is 11.5 Å². The van der Waals surface area contributed by atoms with Crippen LogP contribution < -0.4 is 10.5 Å². The molecule has 0 spiro atoms. The van der Waals surface area contributed by atoms with Crippen molar-refractivity contribution in [1.29, 1.82) is 0 Å². The molecule has 0 aliphatic heterocycles. The van der Waals surface area contributed by atoms with E-state index in [4.69, 9.17) is 10.5 Å². The minimum atomic E-state index is -0.408. The van der Waals surface area contributed by atoms with Gasteiger partial charge in [0.25, 0.3) is 0 Å². The molecule has 96 valence electrons. The van der Waals surface area contributed by atoms with Crippen molar-refractivity contribution in [2.75, 3.05) is 5.73 Å². The molecule has 0 saturated carbocycles. The lowest BCUT2D eigenvalue weighted by Gasteiger charge is -2.06. The fourth-order valence-electron chi connectivity index (χ4n) is 1.66. The highest BCUT2D eigenvalue weighted by Crippen LogP contribution is 2.32. The number of hydrogen-bond donors (Lipinski definition) is 1. The summed E-state index contributed by atoms with van der Waals surface area (Å²) in [4.78, 5) is 0. The predicted octanol–water partition coefficient (Wildman–Crippen LogP) is 3.50. The van der Waals surface area contributed by atoms with Gasteiger partial charge >= 0.3 is 0 Å². The van der Waals surface area contributed by atoms with Crippen molar-refractivity contribution in [1.82, 2.24) is 10.3 Å². The maximum absolute atomic E-state index is 13.3. The first-order valence-electron chi connectivity index (χ1n) is 5.28. The van der Waals surface area contributed by atoms with Crippen LogP contribution in [0.1, 0.15) is 0 Å². The van der Waals surface area contributed by atoms with Crippen LogP contribution in [0.2, 0.25) is 0 Å². The molecule has 0 fully saturated rings. The summed E-state index contributed by atoms with van der Waals surface area (Å²) in [6.07, 6.45) is 0. The maximum Gasteiger partial charge on any atom is 0.179 e. The smallest absolute Gasteiger partial charge is 0.179 e. The quantitative estimate of drug-likeness (QED) is 0.730. The van der Waals surface area contributed by atoms with Gasteiger partial charge in [0.05, 0.1) is 5.69 Å². The summed E-state index contributed by atoms with van der Waals surface area (Å²) in [5, 5.41) is 7.41. The number of halogens is 2. The van der Waals surface area contributed by atoms with Crippen LogP contribution in [0.3, 0.4) is 0 Å². The molecule has 0 saturated heterocycles. The van der Waals surface area contributed by atoms with Crippen LogP contribution in [0.25, 0.3) is 11.0 Å². The molecule has 7 heteroatoms. The van der Waals surface area contributed by atoms with Gasteiger partial charge in [0, 0.05) is 10.5 Å². The summed E-state index contributed by atoms with van der Waals surface area (Å²) in [6.45, 7) is 0. The van der Waals surface area contributed by atoms with Crippen molar-refractivity contribution in [2.24, 2.45) is 0 Å². The molecule has 2 aromatic carbocycles. The fourth-order valence-corrected chi connectivity index (χ4v) is 2.10. The van der Waals surface area contributed by atoms with E-state index in [0.29, 0.717) is 32.7 Å². The molecule has 0 amide bonds. The summed E-state index contributed by atoms with van der Waals surface area (Å²) in [7, 11) is 0. The highest BCUT2D eigenvalue weighted by atomic mass is 79.9. The Morgan fingerprint density at radius 1 is 1.16 bits per heavy atom. The largest absolute Gasteiger partial charge is 0.455 e. The number of hydrogen-bond acceptors (Lipinski definition) is 5. The van der Waals surface area contributed by atoms with Gasteiger partial charge in [0.2, 0.25) is 0 Å². The van der Waals surface area contributed by atoms with Gasteiger partial charge in [0.1, 0.15) is 11.6 Å². The normalized spacial score (nSPS) is 10.8. The first-order chi connectivity index (χ1) is 9.13. The molecule has 3 rings (SSSR count). The van der Waals surface area contributed by atoms with E-state index in [1.807, 2.05) is 0 Å². The molecule has 2 N–H and O–H groups in total. The van der Waals surface area contributed by atoms with E-state index in [1.165, 1.54) is 12.1 Å². The van der Waals surface area contributed by atoms with Crippen LogP contribution in [0.15, 0.2) is 39.4 Å². The van der Waals surface area contributed by atoms with Gasteiger partial charge in [-0.15, -0.1) is 0 Å². The third-order valence-electron chi connectivity index (χ3n) is 2.47. The molecular formula is C12H7BrFN3O2. The Bertz CT molecular complexity index is 740. The van der Waals surface area contributed by atoms with E-state index < -0.39 is 5.82 Å². The van der Waals surface area contributed by atoms with Crippen molar-refractivity contribution in [2.45, 2.75) is 0 Å². The molecule has 1 aromatic heterocycles. The second kappa shape index (κ2) is 4.51. The molecule has 0 bridgehead atoms. The summed E-state index contributed by atoms with van der Waals surface area (Å²) in [6, 6.07) is 7.49. The molecule has 19 heavy (non-hydrogen) atoms. The minimum absolute atomic E-state index is 0.334. The van der Waals surface area contributed by atoms with Gasteiger partial charge in [-0.3, -0.25) is 0 Å². The number of nitrogens with two attached hydrogens (primary N) is 1.